The van der Waals surface area contributed by atoms with E-state index in [4.69, 9.17) is 11.6 Å². The number of carbonyl (C=O) groups is 1. The van der Waals surface area contributed by atoms with Crippen LogP contribution in [0.4, 0.5) is 5.69 Å². The first-order chi connectivity index (χ1) is 13.9. The maximum absolute atomic E-state index is 13.1. The first-order valence-electron chi connectivity index (χ1n) is 9.29. The fraction of sp³-hybridized carbons (Fsp3) is 0.238. The predicted molar refractivity (Wildman–Crippen MR) is 114 cm³/mol. The van der Waals surface area contributed by atoms with Crippen LogP contribution in [0.5, 0.6) is 0 Å². The number of fused-ring (bicyclic) bond motifs is 3. The summed E-state index contributed by atoms with van der Waals surface area (Å²) in [5.74, 6) is 0.479. The van der Waals surface area contributed by atoms with Crippen LogP contribution >= 0.6 is 11.6 Å². The molecule has 1 amide bonds. The molecule has 7 nitrogen and oxygen atoms in total. The first kappa shape index (κ1) is 19.1. The molecule has 8 heteroatoms. The summed E-state index contributed by atoms with van der Waals surface area (Å²) in [5, 5.41) is 11.7. The number of aromatic nitrogens is 4. The van der Waals surface area contributed by atoms with E-state index in [1.165, 1.54) is 4.57 Å². The molecule has 29 heavy (non-hydrogen) atoms. The summed E-state index contributed by atoms with van der Waals surface area (Å²) >= 11 is 6.03. The highest BCUT2D eigenvalue weighted by molar-refractivity contribution is 6.31. The Labute approximate surface area is 171 Å². The number of benzene rings is 2. The van der Waals surface area contributed by atoms with E-state index in [2.05, 4.69) is 15.5 Å². The third-order valence-electron chi connectivity index (χ3n) is 4.83. The molecule has 0 atom stereocenters. The molecule has 4 aromatic rings. The van der Waals surface area contributed by atoms with Gasteiger partial charge in [-0.3, -0.25) is 18.6 Å². The highest BCUT2D eigenvalue weighted by Gasteiger charge is 2.19. The second-order valence-corrected chi connectivity index (χ2v) is 7.70. The van der Waals surface area contributed by atoms with Gasteiger partial charge in [0.05, 0.1) is 11.0 Å². The zero-order valence-electron chi connectivity index (χ0n) is 16.3. The lowest BCUT2D eigenvalue weighted by Gasteiger charge is -2.14. The van der Waals surface area contributed by atoms with Crippen LogP contribution < -0.4 is 10.9 Å². The van der Waals surface area contributed by atoms with Crippen molar-refractivity contribution in [2.24, 2.45) is 0 Å². The second-order valence-electron chi connectivity index (χ2n) is 7.26. The first-order valence-corrected chi connectivity index (χ1v) is 9.67. The van der Waals surface area contributed by atoms with Gasteiger partial charge in [-0.15, -0.1) is 10.2 Å². The maximum Gasteiger partial charge on any atom is 0.297 e. The van der Waals surface area contributed by atoms with Crippen molar-refractivity contribution in [3.05, 3.63) is 69.2 Å². The minimum Gasteiger partial charge on any atom is -0.324 e. The summed E-state index contributed by atoms with van der Waals surface area (Å²) in [4.78, 5) is 25.9. The average Bonchev–Trinajstić information content (AvgIpc) is 3.14. The molecule has 148 valence electrons. The highest BCUT2D eigenvalue weighted by Crippen LogP contribution is 2.21. The molecule has 0 fully saturated rings. The molecular formula is C21H20ClN5O2. The lowest BCUT2D eigenvalue weighted by molar-refractivity contribution is -0.116. The molecule has 0 saturated heterocycles. The molecule has 0 spiro atoms. The largest absolute Gasteiger partial charge is 0.324 e. The van der Waals surface area contributed by atoms with Crippen LogP contribution in [0, 0.1) is 6.92 Å². The van der Waals surface area contributed by atoms with Crippen LogP contribution in [0.1, 0.15) is 31.2 Å². The Balaban J connectivity index is 1.81. The summed E-state index contributed by atoms with van der Waals surface area (Å²) in [6, 6.07) is 12.7. The third-order valence-corrected chi connectivity index (χ3v) is 5.06. The maximum atomic E-state index is 13.1. The van der Waals surface area contributed by atoms with Gasteiger partial charge >= 0.3 is 0 Å². The molecule has 0 saturated carbocycles. The molecular weight excluding hydrogens is 390 g/mol. The smallest absolute Gasteiger partial charge is 0.297 e. The number of rotatable bonds is 4. The van der Waals surface area contributed by atoms with Crippen LogP contribution in [0.25, 0.3) is 16.7 Å². The molecule has 2 aromatic heterocycles. The second kappa shape index (κ2) is 7.33. The Kier molecular flexibility index (Phi) is 4.84. The van der Waals surface area contributed by atoms with E-state index in [1.807, 2.05) is 51.1 Å². The number of aryl methyl sites for hydroxylation is 1. The highest BCUT2D eigenvalue weighted by atomic mass is 35.5. The van der Waals surface area contributed by atoms with Gasteiger partial charge < -0.3 is 5.32 Å². The Morgan fingerprint density at radius 2 is 1.86 bits per heavy atom. The number of amides is 1. The van der Waals surface area contributed by atoms with Crippen molar-refractivity contribution in [1.82, 2.24) is 19.2 Å². The van der Waals surface area contributed by atoms with Gasteiger partial charge in [0, 0.05) is 16.6 Å². The molecule has 0 radical (unpaired) electrons. The average molecular weight is 410 g/mol. The SMILES string of the molecule is Cc1ccc(Cl)cc1NC(=O)Cn1c(=O)c2nnc(C(C)C)n2c2ccccc21. The standard InChI is InChI=1S/C21H20ClN5O2/c1-12(2)19-24-25-20-21(29)26(16-6-4-5-7-17(16)27(19)20)11-18(28)23-15-10-14(22)9-8-13(15)3/h4-10,12H,11H2,1-3H3,(H,23,28). The monoisotopic (exact) mass is 409 g/mol. The zero-order valence-corrected chi connectivity index (χ0v) is 17.1. The van der Waals surface area contributed by atoms with Gasteiger partial charge in [-0.2, -0.15) is 0 Å². The van der Waals surface area contributed by atoms with Crippen molar-refractivity contribution < 1.29 is 4.79 Å². The Morgan fingerprint density at radius 3 is 2.59 bits per heavy atom. The van der Waals surface area contributed by atoms with Gasteiger partial charge in [0.2, 0.25) is 11.6 Å². The Morgan fingerprint density at radius 1 is 1.14 bits per heavy atom. The number of para-hydroxylation sites is 2. The van der Waals surface area contributed by atoms with Gasteiger partial charge in [0.25, 0.3) is 5.56 Å². The number of carbonyl (C=O) groups excluding carboxylic acids is 1. The number of hydrogen-bond donors (Lipinski definition) is 1. The van der Waals surface area contributed by atoms with Crippen LogP contribution in [0.3, 0.4) is 0 Å². The van der Waals surface area contributed by atoms with E-state index < -0.39 is 0 Å². The van der Waals surface area contributed by atoms with E-state index in [-0.39, 0.29) is 29.6 Å². The summed E-state index contributed by atoms with van der Waals surface area (Å²) in [7, 11) is 0. The van der Waals surface area contributed by atoms with E-state index >= 15 is 0 Å². The number of nitrogens with one attached hydrogen (secondary N) is 1. The Hall–Kier alpha value is -3.19. The molecule has 0 aliphatic carbocycles. The molecule has 0 aliphatic heterocycles. The third kappa shape index (κ3) is 3.38. The summed E-state index contributed by atoms with van der Waals surface area (Å²) < 4.78 is 3.20. The van der Waals surface area contributed by atoms with Crippen molar-refractivity contribution in [2.75, 3.05) is 5.32 Å². The number of hydrogen-bond acceptors (Lipinski definition) is 4. The van der Waals surface area contributed by atoms with Gasteiger partial charge in [-0.05, 0) is 36.8 Å². The van der Waals surface area contributed by atoms with Crippen molar-refractivity contribution >= 4 is 39.9 Å². The van der Waals surface area contributed by atoms with Crippen molar-refractivity contribution in [1.29, 1.82) is 0 Å². The van der Waals surface area contributed by atoms with E-state index in [0.29, 0.717) is 22.1 Å². The lowest BCUT2D eigenvalue weighted by atomic mass is 10.2. The Bertz CT molecular complexity index is 1310. The minimum atomic E-state index is -0.360. The van der Waals surface area contributed by atoms with Crippen LogP contribution in [-0.2, 0) is 11.3 Å². The topological polar surface area (TPSA) is 81.3 Å². The molecule has 1 N–H and O–H groups in total. The quantitative estimate of drug-likeness (QED) is 0.556. The fourth-order valence-electron chi connectivity index (χ4n) is 3.38. The van der Waals surface area contributed by atoms with Gasteiger partial charge in [0.15, 0.2) is 0 Å². The van der Waals surface area contributed by atoms with Crippen LogP contribution in [-0.4, -0.2) is 25.1 Å². The number of nitrogens with zero attached hydrogens (tertiary/aromatic N) is 4. The molecule has 4 rings (SSSR count). The molecule has 2 heterocycles. The molecule has 0 aliphatic rings. The number of halogens is 1. The fourth-order valence-corrected chi connectivity index (χ4v) is 3.55. The summed E-state index contributed by atoms with van der Waals surface area (Å²) in [5.41, 5.74) is 2.77. The minimum absolute atomic E-state index is 0.0951. The lowest BCUT2D eigenvalue weighted by Crippen LogP contribution is -2.29. The van der Waals surface area contributed by atoms with Crippen LogP contribution in [0.2, 0.25) is 5.02 Å². The summed E-state index contributed by atoms with van der Waals surface area (Å²) in [6.07, 6.45) is 0. The van der Waals surface area contributed by atoms with Crippen LogP contribution in [0.15, 0.2) is 47.3 Å². The zero-order chi connectivity index (χ0) is 20.7. The van der Waals surface area contributed by atoms with Crippen molar-refractivity contribution in [3.63, 3.8) is 0 Å². The van der Waals surface area contributed by atoms with Gasteiger partial charge in [0.1, 0.15) is 12.4 Å². The predicted octanol–water partition coefficient (Wildman–Crippen LogP) is 3.77. The molecule has 0 bridgehead atoms. The van der Waals surface area contributed by atoms with Gasteiger partial charge in [-0.1, -0.05) is 43.6 Å². The van der Waals surface area contributed by atoms with E-state index in [9.17, 15) is 9.59 Å². The number of anilines is 1. The van der Waals surface area contributed by atoms with Crippen molar-refractivity contribution in [3.8, 4) is 0 Å². The molecule has 0 unspecified atom stereocenters. The van der Waals surface area contributed by atoms with Gasteiger partial charge in [-0.25, -0.2) is 0 Å². The van der Waals surface area contributed by atoms with Crippen molar-refractivity contribution in [2.45, 2.75) is 33.2 Å². The summed E-state index contributed by atoms with van der Waals surface area (Å²) in [6.45, 7) is 5.73. The van der Waals surface area contributed by atoms with E-state index in [0.717, 1.165) is 11.1 Å². The van der Waals surface area contributed by atoms with E-state index in [1.54, 1.807) is 16.5 Å². The molecule has 2 aromatic carbocycles. The normalized spacial score (nSPS) is 11.5.